The summed E-state index contributed by atoms with van der Waals surface area (Å²) in [7, 11) is 1.82. The van der Waals surface area contributed by atoms with Gasteiger partial charge in [0.25, 0.3) is 0 Å². The number of rotatable bonds is 6. The predicted molar refractivity (Wildman–Crippen MR) is 63.4 cm³/mol. The number of hydrogen-bond acceptors (Lipinski definition) is 3. The van der Waals surface area contributed by atoms with E-state index in [4.69, 9.17) is 5.73 Å². The minimum absolute atomic E-state index is 0.0633. The molecule has 0 rings (SSSR count). The van der Waals surface area contributed by atoms with Crippen LogP contribution in [-0.2, 0) is 4.79 Å². The number of amides is 1. The molecule has 1 unspecified atom stereocenters. The molecule has 0 fully saturated rings. The highest BCUT2D eigenvalue weighted by Crippen LogP contribution is 2.08. The van der Waals surface area contributed by atoms with Gasteiger partial charge in [-0.2, -0.15) is 11.8 Å². The predicted octanol–water partition coefficient (Wildman–Crippen LogP) is 1.18. The first-order valence-electron chi connectivity index (χ1n) is 5.04. The molecule has 0 aromatic carbocycles. The fourth-order valence-electron chi connectivity index (χ4n) is 1.09. The van der Waals surface area contributed by atoms with E-state index in [9.17, 15) is 4.79 Å². The minimum Gasteiger partial charge on any atom is -0.344 e. The largest absolute Gasteiger partial charge is 0.344 e. The number of hydrogen-bond donors (Lipinski definition) is 1. The van der Waals surface area contributed by atoms with Gasteiger partial charge in [-0.25, -0.2) is 0 Å². The van der Waals surface area contributed by atoms with Crippen molar-refractivity contribution in [1.82, 2.24) is 4.90 Å². The summed E-state index contributed by atoms with van der Waals surface area (Å²) in [6.45, 7) is 4.86. The topological polar surface area (TPSA) is 46.3 Å². The highest BCUT2D eigenvalue weighted by atomic mass is 32.2. The lowest BCUT2D eigenvalue weighted by Gasteiger charge is -2.24. The van der Waals surface area contributed by atoms with E-state index in [1.54, 1.807) is 16.7 Å². The highest BCUT2D eigenvalue weighted by Gasteiger charge is 2.22. The molecule has 84 valence electrons. The van der Waals surface area contributed by atoms with Crippen LogP contribution in [0, 0.1) is 5.92 Å². The second-order valence-corrected chi connectivity index (χ2v) is 4.65. The first-order valence-corrected chi connectivity index (χ1v) is 6.43. The van der Waals surface area contributed by atoms with E-state index >= 15 is 0 Å². The van der Waals surface area contributed by atoms with Crippen LogP contribution in [0.5, 0.6) is 0 Å². The SMILES string of the molecule is CCC(C)[C@H](N)C(=O)N(C)CCSC. The van der Waals surface area contributed by atoms with Crippen LogP contribution >= 0.6 is 11.8 Å². The maximum atomic E-state index is 11.7. The third-order valence-corrected chi connectivity index (χ3v) is 3.14. The summed E-state index contributed by atoms with van der Waals surface area (Å²) in [5, 5.41) is 0. The Kier molecular flexibility index (Phi) is 7.01. The molecule has 0 aromatic heterocycles. The van der Waals surface area contributed by atoms with Gasteiger partial charge in [-0.1, -0.05) is 20.3 Å². The van der Waals surface area contributed by atoms with E-state index in [2.05, 4.69) is 6.92 Å². The van der Waals surface area contributed by atoms with Crippen LogP contribution in [-0.4, -0.2) is 42.4 Å². The number of thioether (sulfide) groups is 1. The van der Waals surface area contributed by atoms with Gasteiger partial charge in [0.2, 0.25) is 5.91 Å². The van der Waals surface area contributed by atoms with Crippen molar-refractivity contribution in [2.24, 2.45) is 11.7 Å². The van der Waals surface area contributed by atoms with E-state index in [0.29, 0.717) is 0 Å². The molecule has 0 radical (unpaired) electrons. The van der Waals surface area contributed by atoms with Crippen molar-refractivity contribution < 1.29 is 4.79 Å². The smallest absolute Gasteiger partial charge is 0.239 e. The quantitative estimate of drug-likeness (QED) is 0.728. The highest BCUT2D eigenvalue weighted by molar-refractivity contribution is 7.98. The molecule has 0 heterocycles. The maximum Gasteiger partial charge on any atom is 0.239 e. The van der Waals surface area contributed by atoms with Gasteiger partial charge in [0.15, 0.2) is 0 Å². The van der Waals surface area contributed by atoms with Crippen molar-refractivity contribution in [2.45, 2.75) is 26.3 Å². The molecule has 0 bridgehead atoms. The molecule has 0 aliphatic rings. The normalized spacial score (nSPS) is 14.9. The molecule has 2 N–H and O–H groups in total. The van der Waals surface area contributed by atoms with Crippen molar-refractivity contribution >= 4 is 17.7 Å². The lowest BCUT2D eigenvalue weighted by Crippen LogP contribution is -2.46. The fraction of sp³-hybridized carbons (Fsp3) is 0.900. The molecule has 14 heavy (non-hydrogen) atoms. The van der Waals surface area contributed by atoms with E-state index in [-0.39, 0.29) is 17.9 Å². The van der Waals surface area contributed by atoms with E-state index in [1.165, 1.54) is 0 Å². The Morgan fingerprint density at radius 3 is 2.57 bits per heavy atom. The molecule has 3 nitrogen and oxygen atoms in total. The summed E-state index contributed by atoms with van der Waals surface area (Å²) in [5.74, 6) is 1.29. The van der Waals surface area contributed by atoms with E-state index < -0.39 is 0 Å². The Hall–Kier alpha value is -0.220. The zero-order valence-electron chi connectivity index (χ0n) is 9.62. The average Bonchev–Trinajstić information content (AvgIpc) is 2.22. The van der Waals surface area contributed by atoms with Gasteiger partial charge in [0.1, 0.15) is 0 Å². The summed E-state index contributed by atoms with van der Waals surface area (Å²) >= 11 is 1.74. The Bertz CT molecular complexity index is 176. The van der Waals surface area contributed by atoms with Gasteiger partial charge in [0, 0.05) is 19.3 Å². The van der Waals surface area contributed by atoms with Crippen molar-refractivity contribution in [1.29, 1.82) is 0 Å². The number of carbonyl (C=O) groups is 1. The van der Waals surface area contributed by atoms with Gasteiger partial charge in [-0.15, -0.1) is 0 Å². The van der Waals surface area contributed by atoms with Crippen LogP contribution in [0.15, 0.2) is 0 Å². The first-order chi connectivity index (χ1) is 6.54. The number of nitrogens with zero attached hydrogens (tertiary/aromatic N) is 1. The van der Waals surface area contributed by atoms with Crippen LogP contribution in [0.4, 0.5) is 0 Å². The zero-order chi connectivity index (χ0) is 11.1. The van der Waals surface area contributed by atoms with Crippen LogP contribution in [0.25, 0.3) is 0 Å². The summed E-state index contributed by atoms with van der Waals surface area (Å²) in [4.78, 5) is 13.5. The van der Waals surface area contributed by atoms with Crippen molar-refractivity contribution in [2.75, 3.05) is 25.6 Å². The monoisotopic (exact) mass is 218 g/mol. The molecule has 1 amide bonds. The summed E-state index contributed by atoms with van der Waals surface area (Å²) in [5.41, 5.74) is 5.85. The van der Waals surface area contributed by atoms with Crippen molar-refractivity contribution in [3.05, 3.63) is 0 Å². The van der Waals surface area contributed by atoms with Gasteiger partial charge in [-0.3, -0.25) is 4.79 Å². The molecular formula is C10H22N2OS. The molecule has 0 spiro atoms. The van der Waals surface area contributed by atoms with Crippen molar-refractivity contribution in [3.8, 4) is 0 Å². The van der Waals surface area contributed by atoms with Crippen LogP contribution in [0.2, 0.25) is 0 Å². The molecule has 0 saturated heterocycles. The molecule has 0 aliphatic carbocycles. The Labute approximate surface area is 91.4 Å². The second-order valence-electron chi connectivity index (χ2n) is 3.66. The van der Waals surface area contributed by atoms with Crippen molar-refractivity contribution in [3.63, 3.8) is 0 Å². The third kappa shape index (κ3) is 4.33. The van der Waals surface area contributed by atoms with Crippen LogP contribution < -0.4 is 5.73 Å². The van der Waals surface area contributed by atoms with Gasteiger partial charge < -0.3 is 10.6 Å². The summed E-state index contributed by atoms with van der Waals surface area (Å²) < 4.78 is 0. The molecule has 0 aliphatic heterocycles. The molecular weight excluding hydrogens is 196 g/mol. The Balaban J connectivity index is 4.03. The fourth-order valence-corrected chi connectivity index (χ4v) is 1.55. The van der Waals surface area contributed by atoms with Gasteiger partial charge in [0.05, 0.1) is 6.04 Å². The Morgan fingerprint density at radius 1 is 1.57 bits per heavy atom. The lowest BCUT2D eigenvalue weighted by atomic mass is 9.99. The molecule has 0 saturated carbocycles. The molecule has 2 atom stereocenters. The second kappa shape index (κ2) is 7.12. The number of carbonyl (C=O) groups excluding carboxylic acids is 1. The number of nitrogens with two attached hydrogens (primary N) is 1. The first kappa shape index (κ1) is 13.8. The lowest BCUT2D eigenvalue weighted by molar-refractivity contribution is -0.132. The number of likely N-dealkylation sites (N-methyl/N-ethyl adjacent to an activating group) is 1. The van der Waals surface area contributed by atoms with Crippen LogP contribution in [0.3, 0.4) is 0 Å². The van der Waals surface area contributed by atoms with E-state index in [1.807, 2.05) is 20.2 Å². The average molecular weight is 218 g/mol. The standard InChI is InChI=1S/C10H22N2OS/c1-5-8(2)9(11)10(13)12(3)6-7-14-4/h8-9H,5-7,11H2,1-4H3/t8?,9-/m0/s1. The van der Waals surface area contributed by atoms with Crippen LogP contribution in [0.1, 0.15) is 20.3 Å². The summed E-state index contributed by atoms with van der Waals surface area (Å²) in [6.07, 6.45) is 2.98. The third-order valence-electron chi connectivity index (χ3n) is 2.55. The zero-order valence-corrected chi connectivity index (χ0v) is 10.4. The Morgan fingerprint density at radius 2 is 2.14 bits per heavy atom. The molecule has 0 aromatic rings. The minimum atomic E-state index is -0.341. The summed E-state index contributed by atoms with van der Waals surface area (Å²) in [6, 6.07) is -0.341. The van der Waals surface area contributed by atoms with Gasteiger partial charge in [-0.05, 0) is 12.2 Å². The maximum absolute atomic E-state index is 11.7. The molecule has 4 heteroatoms. The van der Waals surface area contributed by atoms with Gasteiger partial charge >= 0.3 is 0 Å². The van der Waals surface area contributed by atoms with E-state index in [0.717, 1.165) is 18.7 Å².